The molecule has 3 nitrogen and oxygen atoms in total. The molecule has 3 atom stereocenters. The zero-order valence-corrected chi connectivity index (χ0v) is 15.6. The minimum atomic E-state index is 0.0863. The Labute approximate surface area is 152 Å². The maximum Gasteiger partial charge on any atom is 0.160 e. The number of fused-ring (bicyclic) bond motifs is 1. The van der Waals surface area contributed by atoms with Gasteiger partial charge in [0, 0.05) is 22.9 Å². The van der Waals surface area contributed by atoms with E-state index in [9.17, 15) is 0 Å². The molecular formula is C19H21N3S2. The van der Waals surface area contributed by atoms with E-state index < -0.39 is 0 Å². The predicted octanol–water partition coefficient (Wildman–Crippen LogP) is 4.78. The average molecular weight is 356 g/mol. The molecule has 2 aliphatic rings. The van der Waals surface area contributed by atoms with Crippen LogP contribution in [0.15, 0.2) is 58.5 Å². The van der Waals surface area contributed by atoms with Crippen molar-refractivity contribution >= 4 is 28.7 Å². The van der Waals surface area contributed by atoms with E-state index in [1.165, 1.54) is 15.6 Å². The number of hydrogen-bond acceptors (Lipinski definition) is 5. The van der Waals surface area contributed by atoms with Crippen LogP contribution in [0.1, 0.15) is 36.7 Å². The van der Waals surface area contributed by atoms with Crippen LogP contribution >= 0.6 is 23.5 Å². The van der Waals surface area contributed by atoms with Gasteiger partial charge in [-0.25, -0.2) is 0 Å². The molecule has 1 aromatic carbocycles. The van der Waals surface area contributed by atoms with Crippen LogP contribution in [0, 0.1) is 0 Å². The van der Waals surface area contributed by atoms with Gasteiger partial charge in [0.25, 0.3) is 0 Å². The van der Waals surface area contributed by atoms with E-state index in [-0.39, 0.29) is 12.1 Å². The first-order valence-corrected chi connectivity index (χ1v) is 10.6. The molecule has 5 heteroatoms. The van der Waals surface area contributed by atoms with Gasteiger partial charge in [-0.05, 0) is 42.5 Å². The van der Waals surface area contributed by atoms with Crippen molar-refractivity contribution in [3.05, 3.63) is 59.9 Å². The topological polar surface area (TPSA) is 28.5 Å². The number of rotatable bonds is 4. The second kappa shape index (κ2) is 6.81. The fourth-order valence-corrected chi connectivity index (χ4v) is 5.26. The normalized spacial score (nSPS) is 25.7. The highest BCUT2D eigenvalue weighted by atomic mass is 32.2. The minimum Gasteiger partial charge on any atom is -0.338 e. The Balaban J connectivity index is 1.76. The molecule has 124 valence electrons. The SMILES string of the molecule is CC[C@@H]1CSC2=N[C@@H](c3ccccn3)[C@H](c3ccc(SC)cc3)N21. The quantitative estimate of drug-likeness (QED) is 0.738. The standard InChI is InChI=1S/C19H21N3S2/c1-3-14-12-24-19-21-17(16-6-4-5-11-20-16)18(22(14)19)13-7-9-15(23-2)10-8-13/h4-11,14,17-18H,3,12H2,1-2H3/t14-,17+,18+/m1/s1. The summed E-state index contributed by atoms with van der Waals surface area (Å²) in [6.45, 7) is 2.27. The van der Waals surface area contributed by atoms with E-state index in [1.807, 2.05) is 24.0 Å². The largest absolute Gasteiger partial charge is 0.338 e. The first kappa shape index (κ1) is 16.0. The summed E-state index contributed by atoms with van der Waals surface area (Å²) in [5, 5.41) is 1.19. The van der Waals surface area contributed by atoms with Gasteiger partial charge in [-0.1, -0.05) is 36.9 Å². The molecule has 0 radical (unpaired) electrons. The highest BCUT2D eigenvalue weighted by Gasteiger charge is 2.45. The van der Waals surface area contributed by atoms with Gasteiger partial charge in [0.1, 0.15) is 6.04 Å². The Kier molecular flexibility index (Phi) is 4.55. The Morgan fingerprint density at radius 2 is 2.04 bits per heavy atom. The monoisotopic (exact) mass is 355 g/mol. The summed E-state index contributed by atoms with van der Waals surface area (Å²) >= 11 is 3.68. The number of aromatic nitrogens is 1. The van der Waals surface area contributed by atoms with Crippen molar-refractivity contribution in [1.29, 1.82) is 0 Å². The summed E-state index contributed by atoms with van der Waals surface area (Å²) in [5.74, 6) is 1.14. The van der Waals surface area contributed by atoms with Crippen molar-refractivity contribution in [2.75, 3.05) is 12.0 Å². The lowest BCUT2D eigenvalue weighted by Gasteiger charge is -2.32. The van der Waals surface area contributed by atoms with E-state index in [1.54, 1.807) is 11.8 Å². The van der Waals surface area contributed by atoms with Gasteiger partial charge in [0.15, 0.2) is 5.17 Å². The van der Waals surface area contributed by atoms with Crippen LogP contribution in [0.25, 0.3) is 0 Å². The molecule has 24 heavy (non-hydrogen) atoms. The van der Waals surface area contributed by atoms with Gasteiger partial charge in [-0.2, -0.15) is 0 Å². The first-order chi connectivity index (χ1) is 11.8. The molecule has 0 spiro atoms. The molecule has 0 bridgehead atoms. The molecular weight excluding hydrogens is 334 g/mol. The van der Waals surface area contributed by atoms with Crippen LogP contribution in [-0.2, 0) is 0 Å². The number of amidine groups is 1. The van der Waals surface area contributed by atoms with E-state index in [0.29, 0.717) is 6.04 Å². The molecule has 0 saturated carbocycles. The zero-order valence-electron chi connectivity index (χ0n) is 13.9. The molecule has 3 heterocycles. The van der Waals surface area contributed by atoms with Crippen molar-refractivity contribution < 1.29 is 0 Å². The Hall–Kier alpha value is -1.46. The average Bonchev–Trinajstić information content (AvgIpc) is 3.21. The molecule has 1 aromatic heterocycles. The van der Waals surface area contributed by atoms with Crippen molar-refractivity contribution in [3.8, 4) is 0 Å². The molecule has 0 aliphatic carbocycles. The van der Waals surface area contributed by atoms with Crippen LogP contribution in [0.3, 0.4) is 0 Å². The summed E-state index contributed by atoms with van der Waals surface area (Å²) in [6.07, 6.45) is 5.14. The number of benzene rings is 1. The lowest BCUT2D eigenvalue weighted by atomic mass is 9.95. The van der Waals surface area contributed by atoms with Gasteiger partial charge in [0.05, 0.1) is 11.7 Å². The van der Waals surface area contributed by atoms with E-state index in [4.69, 9.17) is 4.99 Å². The molecule has 4 rings (SSSR count). The summed E-state index contributed by atoms with van der Waals surface area (Å²) in [6, 6.07) is 16.0. The van der Waals surface area contributed by atoms with Crippen molar-refractivity contribution in [2.45, 2.75) is 36.4 Å². The molecule has 1 saturated heterocycles. The van der Waals surface area contributed by atoms with Crippen LogP contribution in [-0.4, -0.2) is 33.1 Å². The molecule has 0 unspecified atom stereocenters. The summed E-state index contributed by atoms with van der Waals surface area (Å²) < 4.78 is 0. The summed E-state index contributed by atoms with van der Waals surface area (Å²) in [7, 11) is 0. The highest BCUT2D eigenvalue weighted by Crippen LogP contribution is 2.48. The molecule has 0 N–H and O–H groups in total. The van der Waals surface area contributed by atoms with Gasteiger partial charge in [0.2, 0.25) is 0 Å². The maximum atomic E-state index is 5.06. The first-order valence-electron chi connectivity index (χ1n) is 8.35. The lowest BCUT2D eigenvalue weighted by molar-refractivity contribution is 0.255. The third-order valence-electron chi connectivity index (χ3n) is 4.79. The van der Waals surface area contributed by atoms with Gasteiger partial charge >= 0.3 is 0 Å². The summed E-state index contributed by atoms with van der Waals surface area (Å²) in [4.78, 5) is 13.5. The minimum absolute atomic E-state index is 0.0863. The number of hydrogen-bond donors (Lipinski definition) is 0. The number of thioether (sulfide) groups is 2. The van der Waals surface area contributed by atoms with Crippen molar-refractivity contribution in [3.63, 3.8) is 0 Å². The zero-order chi connectivity index (χ0) is 16.5. The lowest BCUT2D eigenvalue weighted by Crippen LogP contribution is -2.35. The Morgan fingerprint density at radius 1 is 1.21 bits per heavy atom. The van der Waals surface area contributed by atoms with Crippen LogP contribution in [0.5, 0.6) is 0 Å². The number of aliphatic imine (C=N–C) groups is 1. The van der Waals surface area contributed by atoms with Crippen LogP contribution in [0.4, 0.5) is 0 Å². The van der Waals surface area contributed by atoms with Crippen molar-refractivity contribution in [1.82, 2.24) is 9.88 Å². The fourth-order valence-electron chi connectivity index (χ4n) is 3.51. The van der Waals surface area contributed by atoms with E-state index in [0.717, 1.165) is 17.9 Å². The predicted molar refractivity (Wildman–Crippen MR) is 104 cm³/mol. The molecule has 2 aromatic rings. The summed E-state index contributed by atoms with van der Waals surface area (Å²) in [5.41, 5.74) is 2.40. The van der Waals surface area contributed by atoms with Gasteiger partial charge in [-0.15, -0.1) is 11.8 Å². The van der Waals surface area contributed by atoms with Gasteiger partial charge in [-0.3, -0.25) is 9.98 Å². The van der Waals surface area contributed by atoms with Crippen LogP contribution < -0.4 is 0 Å². The van der Waals surface area contributed by atoms with Gasteiger partial charge < -0.3 is 4.90 Å². The Morgan fingerprint density at radius 3 is 2.71 bits per heavy atom. The third-order valence-corrected chi connectivity index (χ3v) is 6.66. The second-order valence-corrected chi connectivity index (χ2v) is 7.98. The Bertz CT molecular complexity index is 730. The fraction of sp³-hybridized carbons (Fsp3) is 0.368. The number of nitrogens with zero attached hydrogens (tertiary/aromatic N) is 3. The maximum absolute atomic E-state index is 5.06. The third kappa shape index (κ3) is 2.74. The van der Waals surface area contributed by atoms with E-state index in [2.05, 4.69) is 59.5 Å². The number of pyridine rings is 1. The second-order valence-electron chi connectivity index (χ2n) is 6.11. The van der Waals surface area contributed by atoms with E-state index >= 15 is 0 Å². The molecule has 2 aliphatic heterocycles. The molecule has 0 amide bonds. The highest BCUT2D eigenvalue weighted by molar-refractivity contribution is 8.14. The molecule has 1 fully saturated rings. The van der Waals surface area contributed by atoms with Crippen LogP contribution in [0.2, 0.25) is 0 Å². The smallest absolute Gasteiger partial charge is 0.160 e. The van der Waals surface area contributed by atoms with Crippen molar-refractivity contribution in [2.24, 2.45) is 4.99 Å².